The average molecular weight is 736 g/mol. The van der Waals surface area contributed by atoms with Crippen LogP contribution in [0.15, 0.2) is 5.16 Å². The van der Waals surface area contributed by atoms with E-state index in [0.29, 0.717) is 12.3 Å². The molecule has 0 aromatic rings. The number of nitrogens with zero attached hydrogens (tertiary/aromatic N) is 1. The van der Waals surface area contributed by atoms with Crippen molar-refractivity contribution in [2.24, 2.45) is 5.16 Å². The zero-order chi connectivity index (χ0) is 34.3. The van der Waals surface area contributed by atoms with Crippen molar-refractivity contribution >= 4 is 63.4 Å². The summed E-state index contributed by atoms with van der Waals surface area (Å²) in [7, 11) is -17.0. The van der Waals surface area contributed by atoms with Crippen LogP contribution in [0.1, 0.15) is 6.92 Å². The minimum Gasteiger partial charge on any atom is -0.412 e. The molecule has 258 valence electrons. The van der Waals surface area contributed by atoms with E-state index in [2.05, 4.69) is 83.7 Å². The van der Waals surface area contributed by atoms with Crippen LogP contribution in [0.3, 0.4) is 0 Å². The Morgan fingerprint density at radius 1 is 0.628 bits per heavy atom. The molecule has 0 spiro atoms. The molecule has 0 aliphatic rings. The molecule has 10 nitrogen and oxygen atoms in total. The highest BCUT2D eigenvalue weighted by molar-refractivity contribution is 7.52. The van der Waals surface area contributed by atoms with Crippen LogP contribution in [0, 0.1) is 0 Å². The highest BCUT2D eigenvalue weighted by Gasteiger charge is 2.45. The predicted molar refractivity (Wildman–Crippen MR) is 195 cm³/mol. The number of hydrogen-bond acceptors (Lipinski definition) is 10. The highest BCUT2D eigenvalue weighted by Crippen LogP contribution is 2.54. The minimum absolute atomic E-state index is 0.0615. The third-order valence-corrected chi connectivity index (χ3v) is 15.2. The van der Waals surface area contributed by atoms with Crippen LogP contribution in [0.5, 0.6) is 0 Å². The van der Waals surface area contributed by atoms with Crippen molar-refractivity contribution in [2.45, 2.75) is 143 Å². The molecule has 0 aromatic heterocycles. The first-order valence-corrected chi connectivity index (χ1v) is 37.3. The second kappa shape index (κ2) is 16.7. The van der Waals surface area contributed by atoms with Gasteiger partial charge in [-0.1, -0.05) is 5.16 Å². The van der Waals surface area contributed by atoms with Crippen molar-refractivity contribution in [2.75, 3.05) is 19.8 Å². The predicted octanol–water partition coefficient (Wildman–Crippen LogP) is 8.72. The molecule has 0 heterocycles. The lowest BCUT2D eigenvalue weighted by atomic mass is 10.0. The van der Waals surface area contributed by atoms with Crippen molar-refractivity contribution in [1.29, 1.82) is 0 Å². The molecule has 0 saturated carbocycles. The van der Waals surface area contributed by atoms with Crippen molar-refractivity contribution in [1.82, 2.24) is 0 Å². The summed E-state index contributed by atoms with van der Waals surface area (Å²) in [6, 6.07) is 0. The van der Waals surface area contributed by atoms with Crippen molar-refractivity contribution in [3.63, 3.8) is 0 Å². The Hall–Kier alpha value is 0.721. The molecule has 0 saturated heterocycles. The van der Waals surface area contributed by atoms with E-state index in [1.807, 2.05) is 46.2 Å². The van der Waals surface area contributed by atoms with Gasteiger partial charge in [-0.3, -0.25) is 4.52 Å². The Labute approximate surface area is 270 Å². The van der Waals surface area contributed by atoms with Gasteiger partial charge in [0.25, 0.3) is 0 Å². The lowest BCUT2D eigenvalue weighted by molar-refractivity contribution is -0.0331. The largest absolute Gasteiger partial charge is 0.455 e. The molecule has 0 fully saturated rings. The SMILES string of the molecule is CCO/N=C(\CO[Si](C)(C)C)[C@@H](O[Si](C)(C)C)[C@H](O[Si](C)(C)C)[C@@H](COP(=O)(O[Si](C)(C)C)O[Si](C)(C)C)O[Si](C)(C)C. The van der Waals surface area contributed by atoms with Gasteiger partial charge in [-0.05, 0) is 125 Å². The van der Waals surface area contributed by atoms with Crippen LogP contribution in [0.2, 0.25) is 118 Å². The molecule has 0 amide bonds. The maximum absolute atomic E-state index is 14.2. The van der Waals surface area contributed by atoms with Crippen LogP contribution in [-0.2, 0) is 40.1 Å². The van der Waals surface area contributed by atoms with Gasteiger partial charge in [0, 0.05) is 0 Å². The van der Waals surface area contributed by atoms with E-state index in [-0.39, 0.29) is 13.2 Å². The van der Waals surface area contributed by atoms with Gasteiger partial charge in [-0.2, -0.15) is 0 Å². The molecular weight excluding hydrogens is 670 g/mol. The molecule has 0 N–H and O–H groups in total. The number of phosphoric acid groups is 1. The summed E-state index contributed by atoms with van der Waals surface area (Å²) >= 11 is 0. The lowest BCUT2D eigenvalue weighted by Crippen LogP contribution is -2.57. The molecule has 0 unspecified atom stereocenters. The van der Waals surface area contributed by atoms with Gasteiger partial charge in [0.2, 0.25) is 0 Å². The summed E-state index contributed by atoms with van der Waals surface area (Å²) in [6.07, 6.45) is -1.93. The second-order valence-electron chi connectivity index (χ2n) is 16.7. The van der Waals surface area contributed by atoms with E-state index in [0.717, 1.165) is 0 Å². The maximum atomic E-state index is 14.2. The fraction of sp³-hybridized carbons (Fsp3) is 0.962. The number of hydrogen-bond donors (Lipinski definition) is 0. The van der Waals surface area contributed by atoms with Crippen LogP contribution in [0.25, 0.3) is 0 Å². The van der Waals surface area contributed by atoms with Crippen molar-refractivity contribution in [3.8, 4) is 0 Å². The lowest BCUT2D eigenvalue weighted by Gasteiger charge is -2.42. The minimum atomic E-state index is -3.91. The van der Waals surface area contributed by atoms with Crippen LogP contribution in [-0.4, -0.2) is 93.7 Å². The molecule has 0 aliphatic heterocycles. The Kier molecular flexibility index (Phi) is 17.0. The molecule has 17 heteroatoms. The van der Waals surface area contributed by atoms with Crippen molar-refractivity contribution in [3.05, 3.63) is 0 Å². The smallest absolute Gasteiger partial charge is 0.412 e. The van der Waals surface area contributed by atoms with E-state index in [1.54, 1.807) is 0 Å². The van der Waals surface area contributed by atoms with Crippen LogP contribution >= 0.6 is 7.82 Å². The molecular formula is C26H66NO9PSi6. The first-order valence-electron chi connectivity index (χ1n) is 15.4. The molecule has 0 aliphatic carbocycles. The molecule has 0 radical (unpaired) electrons. The van der Waals surface area contributed by atoms with E-state index in [1.165, 1.54) is 0 Å². The third-order valence-electron chi connectivity index (χ3n) is 4.60. The molecule has 0 rings (SSSR count). The summed E-state index contributed by atoms with van der Waals surface area (Å²) in [5.41, 5.74) is 0.610. The zero-order valence-electron chi connectivity index (χ0n) is 30.9. The topological polar surface area (TPSA) is 103 Å². The summed E-state index contributed by atoms with van der Waals surface area (Å²) in [4.78, 5) is 5.62. The first-order chi connectivity index (χ1) is 18.8. The average Bonchev–Trinajstić information content (AvgIpc) is 2.68. The normalized spacial score (nSPS) is 17.1. The van der Waals surface area contributed by atoms with Gasteiger partial charge < -0.3 is 31.0 Å². The molecule has 43 heavy (non-hydrogen) atoms. The number of rotatable bonds is 21. The van der Waals surface area contributed by atoms with Gasteiger partial charge in [0.05, 0.1) is 19.3 Å². The van der Waals surface area contributed by atoms with E-state index < -0.39 is 76.0 Å². The Bertz CT molecular complexity index is 897. The van der Waals surface area contributed by atoms with Crippen molar-refractivity contribution < 1.29 is 40.1 Å². The standard InChI is InChI=1S/C26H66NO9PSi6/c1-20-29-27-23(21-31-38(2,3)4)25(33-40(8,9)10)26(34-41(11,12)13)24(32-39(5,6)7)22-30-37(28,35-42(14,15)16)36-43(17,18)19/h24-26H,20-22H2,1-19H3/b27-23+/t24-,25-,26-/m1/s1. The first kappa shape index (κ1) is 43.7. The Morgan fingerprint density at radius 2 is 1.07 bits per heavy atom. The molecule has 0 aromatic carbocycles. The second-order valence-corrected chi connectivity index (χ2v) is 45.6. The summed E-state index contributed by atoms with van der Waals surface area (Å²) < 4.78 is 59.5. The molecule has 3 atom stereocenters. The Morgan fingerprint density at radius 3 is 1.42 bits per heavy atom. The van der Waals surface area contributed by atoms with Gasteiger partial charge in [-0.25, -0.2) is 4.57 Å². The fourth-order valence-corrected chi connectivity index (χ4v) is 14.0. The summed E-state index contributed by atoms with van der Waals surface area (Å²) in [5.74, 6) is 0. The fourth-order valence-electron chi connectivity index (χ4n) is 3.60. The van der Waals surface area contributed by atoms with Gasteiger partial charge >= 0.3 is 7.82 Å². The van der Waals surface area contributed by atoms with Crippen LogP contribution < -0.4 is 0 Å². The van der Waals surface area contributed by atoms with Crippen LogP contribution in [0.4, 0.5) is 0 Å². The third kappa shape index (κ3) is 22.8. The van der Waals surface area contributed by atoms with E-state index >= 15 is 0 Å². The quantitative estimate of drug-likeness (QED) is 0.0496. The Balaban J connectivity index is 7.14. The van der Waals surface area contributed by atoms with E-state index in [4.69, 9.17) is 35.5 Å². The van der Waals surface area contributed by atoms with E-state index in [9.17, 15) is 4.57 Å². The molecule has 0 bridgehead atoms. The summed E-state index contributed by atoms with van der Waals surface area (Å²) in [6.45, 7) is 39.8. The highest BCUT2D eigenvalue weighted by atomic mass is 31.2. The van der Waals surface area contributed by atoms with Gasteiger partial charge in [0.15, 0.2) is 49.9 Å². The van der Waals surface area contributed by atoms with Gasteiger partial charge in [-0.15, -0.1) is 0 Å². The maximum Gasteiger partial charge on any atom is 0.455 e. The van der Waals surface area contributed by atoms with Gasteiger partial charge in [0.1, 0.15) is 24.5 Å². The zero-order valence-corrected chi connectivity index (χ0v) is 37.8. The number of oxime groups is 1. The monoisotopic (exact) mass is 735 g/mol. The summed E-state index contributed by atoms with van der Waals surface area (Å²) in [5, 5.41) is 4.53.